The number of thioether (sulfide) groups is 1. The Bertz CT molecular complexity index is 382. The van der Waals surface area contributed by atoms with Crippen molar-refractivity contribution in [2.75, 3.05) is 19.8 Å². The van der Waals surface area contributed by atoms with Crippen LogP contribution in [0.4, 0.5) is 0 Å². The van der Waals surface area contributed by atoms with Crippen LogP contribution in [0.5, 0.6) is 0 Å². The van der Waals surface area contributed by atoms with Crippen LogP contribution >= 0.6 is 11.8 Å². The zero-order valence-corrected chi connectivity index (χ0v) is 12.1. The highest BCUT2D eigenvalue weighted by Crippen LogP contribution is 2.23. The van der Waals surface area contributed by atoms with Crippen LogP contribution in [0.15, 0.2) is 29.2 Å². The van der Waals surface area contributed by atoms with E-state index in [0.29, 0.717) is 12.5 Å². The Kier molecular flexibility index (Phi) is 6.83. The van der Waals surface area contributed by atoms with Crippen molar-refractivity contribution in [3.8, 4) is 0 Å². The summed E-state index contributed by atoms with van der Waals surface area (Å²) in [6.45, 7) is 2.15. The standard InChI is InChI=1S/C14H22N2OS/c1-11(15-2)12-6-4-7-13(10-12)18-9-5-8-14(17)16-3/h4,6-7,10-11,15H,5,8-9H2,1-3H3,(H,16,17). The van der Waals surface area contributed by atoms with Crippen molar-refractivity contribution < 1.29 is 4.79 Å². The van der Waals surface area contributed by atoms with Crippen LogP contribution in [0.3, 0.4) is 0 Å². The minimum Gasteiger partial charge on any atom is -0.359 e. The number of hydrogen-bond donors (Lipinski definition) is 2. The molecule has 2 N–H and O–H groups in total. The molecule has 3 nitrogen and oxygen atoms in total. The number of amides is 1. The van der Waals surface area contributed by atoms with E-state index < -0.39 is 0 Å². The average molecular weight is 266 g/mol. The molecule has 1 aromatic carbocycles. The first-order valence-corrected chi connectivity index (χ1v) is 7.26. The zero-order chi connectivity index (χ0) is 13.4. The molecule has 0 saturated carbocycles. The number of carbonyl (C=O) groups excluding carboxylic acids is 1. The normalized spacial score (nSPS) is 12.2. The second-order valence-corrected chi connectivity index (χ2v) is 5.38. The molecule has 0 saturated heterocycles. The maximum Gasteiger partial charge on any atom is 0.219 e. The predicted octanol–water partition coefficient (Wildman–Crippen LogP) is 2.59. The maximum absolute atomic E-state index is 11.1. The molecule has 1 aromatic rings. The van der Waals surface area contributed by atoms with E-state index in [9.17, 15) is 4.79 Å². The van der Waals surface area contributed by atoms with Crippen molar-refractivity contribution in [2.45, 2.75) is 30.7 Å². The highest BCUT2D eigenvalue weighted by Gasteiger charge is 2.04. The predicted molar refractivity (Wildman–Crippen MR) is 77.9 cm³/mol. The number of carbonyl (C=O) groups is 1. The summed E-state index contributed by atoms with van der Waals surface area (Å²) in [6.07, 6.45) is 1.52. The third-order valence-electron chi connectivity index (χ3n) is 2.89. The lowest BCUT2D eigenvalue weighted by Gasteiger charge is -2.11. The molecule has 1 rings (SSSR count). The molecule has 1 amide bonds. The SMILES string of the molecule is CNC(=O)CCCSc1cccc(C(C)NC)c1. The van der Waals surface area contributed by atoms with Gasteiger partial charge < -0.3 is 10.6 Å². The monoisotopic (exact) mass is 266 g/mol. The largest absolute Gasteiger partial charge is 0.359 e. The number of nitrogens with one attached hydrogen (secondary N) is 2. The first-order chi connectivity index (χ1) is 8.67. The Morgan fingerprint density at radius 3 is 2.83 bits per heavy atom. The second kappa shape index (κ2) is 8.16. The molecule has 18 heavy (non-hydrogen) atoms. The quantitative estimate of drug-likeness (QED) is 0.589. The summed E-state index contributed by atoms with van der Waals surface area (Å²) in [7, 11) is 3.64. The first kappa shape index (κ1) is 15.1. The van der Waals surface area contributed by atoms with E-state index >= 15 is 0 Å². The van der Waals surface area contributed by atoms with E-state index in [4.69, 9.17) is 0 Å². The lowest BCUT2D eigenvalue weighted by atomic mass is 10.1. The average Bonchev–Trinajstić information content (AvgIpc) is 2.42. The number of hydrogen-bond acceptors (Lipinski definition) is 3. The number of benzene rings is 1. The Hall–Kier alpha value is -1.00. The second-order valence-electron chi connectivity index (χ2n) is 4.21. The molecule has 4 heteroatoms. The fourth-order valence-electron chi connectivity index (χ4n) is 1.59. The third kappa shape index (κ3) is 5.10. The molecule has 0 aliphatic rings. The van der Waals surface area contributed by atoms with Crippen LogP contribution in [-0.2, 0) is 4.79 Å². The van der Waals surface area contributed by atoms with Crippen LogP contribution in [0.25, 0.3) is 0 Å². The molecule has 0 fully saturated rings. The molecule has 0 aliphatic heterocycles. The van der Waals surface area contributed by atoms with Crippen LogP contribution < -0.4 is 10.6 Å². The molecule has 1 atom stereocenters. The molecule has 100 valence electrons. The molecule has 1 unspecified atom stereocenters. The fourth-order valence-corrected chi connectivity index (χ4v) is 2.51. The van der Waals surface area contributed by atoms with E-state index in [1.54, 1.807) is 7.05 Å². The molecule has 0 spiro atoms. The lowest BCUT2D eigenvalue weighted by Crippen LogP contribution is -2.17. The van der Waals surface area contributed by atoms with Crippen molar-refractivity contribution in [3.63, 3.8) is 0 Å². The first-order valence-electron chi connectivity index (χ1n) is 6.28. The summed E-state index contributed by atoms with van der Waals surface area (Å²) in [4.78, 5) is 12.3. The fraction of sp³-hybridized carbons (Fsp3) is 0.500. The Labute approximate surface area is 114 Å². The summed E-state index contributed by atoms with van der Waals surface area (Å²) in [6, 6.07) is 8.93. The maximum atomic E-state index is 11.1. The summed E-state index contributed by atoms with van der Waals surface area (Å²) in [5.41, 5.74) is 1.30. The van der Waals surface area contributed by atoms with E-state index in [1.165, 1.54) is 10.5 Å². The van der Waals surface area contributed by atoms with Gasteiger partial charge in [-0.15, -0.1) is 11.8 Å². The topological polar surface area (TPSA) is 41.1 Å². The number of rotatable bonds is 7. The van der Waals surface area contributed by atoms with Crippen LogP contribution in [0.1, 0.15) is 31.4 Å². The van der Waals surface area contributed by atoms with Crippen molar-refractivity contribution in [2.24, 2.45) is 0 Å². The minimum atomic E-state index is 0.119. The van der Waals surface area contributed by atoms with E-state index in [1.807, 2.05) is 18.8 Å². The molecule has 0 aliphatic carbocycles. The van der Waals surface area contributed by atoms with Gasteiger partial charge in [0.1, 0.15) is 0 Å². The van der Waals surface area contributed by atoms with Gasteiger partial charge in [-0.05, 0) is 43.8 Å². The summed E-state index contributed by atoms with van der Waals surface area (Å²) < 4.78 is 0. The van der Waals surface area contributed by atoms with Gasteiger partial charge in [0.2, 0.25) is 5.91 Å². The summed E-state index contributed by atoms with van der Waals surface area (Å²) in [5.74, 6) is 1.10. The van der Waals surface area contributed by atoms with Gasteiger partial charge in [-0.2, -0.15) is 0 Å². The summed E-state index contributed by atoms with van der Waals surface area (Å²) in [5, 5.41) is 5.87. The van der Waals surface area contributed by atoms with Gasteiger partial charge in [0.25, 0.3) is 0 Å². The molecule has 0 bridgehead atoms. The van der Waals surface area contributed by atoms with Gasteiger partial charge in [0, 0.05) is 24.4 Å². The molecular weight excluding hydrogens is 244 g/mol. The van der Waals surface area contributed by atoms with Crippen molar-refractivity contribution >= 4 is 17.7 Å². The van der Waals surface area contributed by atoms with Crippen molar-refractivity contribution in [3.05, 3.63) is 29.8 Å². The Balaban J connectivity index is 2.40. The molecule has 0 heterocycles. The van der Waals surface area contributed by atoms with E-state index in [2.05, 4.69) is 41.8 Å². The van der Waals surface area contributed by atoms with Gasteiger partial charge in [-0.3, -0.25) is 4.79 Å². The lowest BCUT2D eigenvalue weighted by molar-refractivity contribution is -0.120. The van der Waals surface area contributed by atoms with Crippen LogP contribution in [-0.4, -0.2) is 25.8 Å². The molecule has 0 radical (unpaired) electrons. The highest BCUT2D eigenvalue weighted by molar-refractivity contribution is 7.99. The van der Waals surface area contributed by atoms with E-state index in [0.717, 1.165) is 12.2 Å². The molecule has 0 aromatic heterocycles. The van der Waals surface area contributed by atoms with Gasteiger partial charge >= 0.3 is 0 Å². The van der Waals surface area contributed by atoms with Crippen LogP contribution in [0.2, 0.25) is 0 Å². The van der Waals surface area contributed by atoms with E-state index in [-0.39, 0.29) is 5.91 Å². The Morgan fingerprint density at radius 2 is 2.17 bits per heavy atom. The van der Waals surface area contributed by atoms with Gasteiger partial charge in [-0.1, -0.05) is 12.1 Å². The van der Waals surface area contributed by atoms with Gasteiger partial charge in [0.05, 0.1) is 0 Å². The smallest absolute Gasteiger partial charge is 0.219 e. The van der Waals surface area contributed by atoms with Crippen molar-refractivity contribution in [1.82, 2.24) is 10.6 Å². The Morgan fingerprint density at radius 1 is 1.39 bits per heavy atom. The zero-order valence-electron chi connectivity index (χ0n) is 11.3. The highest BCUT2D eigenvalue weighted by atomic mass is 32.2. The van der Waals surface area contributed by atoms with Gasteiger partial charge in [0.15, 0.2) is 0 Å². The molecular formula is C14H22N2OS. The minimum absolute atomic E-state index is 0.119. The van der Waals surface area contributed by atoms with Crippen LogP contribution in [0, 0.1) is 0 Å². The van der Waals surface area contributed by atoms with Crippen molar-refractivity contribution in [1.29, 1.82) is 0 Å². The summed E-state index contributed by atoms with van der Waals surface area (Å²) >= 11 is 1.81. The van der Waals surface area contributed by atoms with Gasteiger partial charge in [-0.25, -0.2) is 0 Å². The third-order valence-corrected chi connectivity index (χ3v) is 3.97.